The second-order valence-electron chi connectivity index (χ2n) is 4.54. The number of nitrogens with two attached hydrogens (primary N) is 1. The third kappa shape index (κ3) is 3.52. The largest absolute Gasteiger partial charge is 0.349 e. The molecular weight excluding hydrogens is 284 g/mol. The predicted molar refractivity (Wildman–Crippen MR) is 79.5 cm³/mol. The summed E-state index contributed by atoms with van der Waals surface area (Å²) < 4.78 is 0. The third-order valence-corrected chi connectivity index (χ3v) is 4.68. The Labute approximate surface area is 121 Å². The van der Waals surface area contributed by atoms with Gasteiger partial charge in [-0.2, -0.15) is 11.8 Å². The number of halogens is 1. The van der Waals surface area contributed by atoms with E-state index >= 15 is 0 Å². The van der Waals surface area contributed by atoms with E-state index in [-0.39, 0.29) is 11.9 Å². The number of aromatic nitrogens is 1. The van der Waals surface area contributed by atoms with Crippen LogP contribution < -0.4 is 16.6 Å². The van der Waals surface area contributed by atoms with Crippen molar-refractivity contribution < 1.29 is 4.79 Å². The van der Waals surface area contributed by atoms with Crippen molar-refractivity contribution in [2.75, 3.05) is 11.7 Å². The number of nitrogen functional groups attached to an aromatic ring is 1. The Kier molecular flexibility index (Phi) is 4.90. The Bertz CT molecular complexity index is 471. The highest BCUT2D eigenvalue weighted by Crippen LogP contribution is 2.28. The number of carbonyl (C=O) groups excluding carboxylic acids is 1. The summed E-state index contributed by atoms with van der Waals surface area (Å²) >= 11 is 7.81. The molecule has 4 N–H and O–H groups in total. The van der Waals surface area contributed by atoms with Crippen molar-refractivity contribution in [1.29, 1.82) is 0 Å². The number of rotatable bonds is 4. The number of thioether (sulfide) groups is 1. The van der Waals surface area contributed by atoms with Gasteiger partial charge in [-0.25, -0.2) is 10.8 Å². The van der Waals surface area contributed by atoms with E-state index in [4.69, 9.17) is 17.4 Å². The fraction of sp³-hybridized carbons (Fsp3) is 0.500. The number of carbonyl (C=O) groups is 1. The van der Waals surface area contributed by atoms with Gasteiger partial charge in [-0.3, -0.25) is 4.79 Å². The maximum Gasteiger partial charge on any atom is 0.253 e. The van der Waals surface area contributed by atoms with E-state index in [1.165, 1.54) is 6.20 Å². The average molecular weight is 301 g/mol. The average Bonchev–Trinajstić information content (AvgIpc) is 2.86. The molecule has 0 spiro atoms. The van der Waals surface area contributed by atoms with Gasteiger partial charge >= 0.3 is 0 Å². The lowest BCUT2D eigenvalue weighted by Gasteiger charge is -2.13. The molecule has 7 heteroatoms. The smallest absolute Gasteiger partial charge is 0.253 e. The highest BCUT2D eigenvalue weighted by molar-refractivity contribution is 7.99. The zero-order valence-electron chi connectivity index (χ0n) is 10.6. The van der Waals surface area contributed by atoms with Gasteiger partial charge in [-0.05, 0) is 31.6 Å². The van der Waals surface area contributed by atoms with E-state index in [0.717, 1.165) is 19.3 Å². The first kappa shape index (κ1) is 14.4. The first-order valence-electron chi connectivity index (χ1n) is 6.10. The van der Waals surface area contributed by atoms with Gasteiger partial charge in [-0.15, -0.1) is 0 Å². The molecule has 1 aromatic rings. The van der Waals surface area contributed by atoms with Crippen LogP contribution in [0.15, 0.2) is 12.3 Å². The lowest BCUT2D eigenvalue weighted by atomic mass is 10.2. The van der Waals surface area contributed by atoms with Crippen molar-refractivity contribution in [3.05, 3.63) is 22.8 Å². The highest BCUT2D eigenvalue weighted by atomic mass is 35.5. The molecule has 0 bridgehead atoms. The number of nitrogens with zero attached hydrogens (tertiary/aromatic N) is 1. The van der Waals surface area contributed by atoms with E-state index in [1.807, 2.05) is 11.8 Å². The van der Waals surface area contributed by atoms with Crippen LogP contribution in [0.3, 0.4) is 0 Å². The zero-order chi connectivity index (χ0) is 13.8. The highest BCUT2D eigenvalue weighted by Gasteiger charge is 2.25. The molecule has 1 fully saturated rings. The lowest BCUT2D eigenvalue weighted by Crippen LogP contribution is -2.33. The fourth-order valence-corrected chi connectivity index (χ4v) is 3.24. The van der Waals surface area contributed by atoms with Crippen LogP contribution in [0.1, 0.15) is 29.6 Å². The minimum Gasteiger partial charge on any atom is -0.349 e. The van der Waals surface area contributed by atoms with Crippen molar-refractivity contribution in [3.63, 3.8) is 0 Å². The number of hydrogen-bond acceptors (Lipinski definition) is 5. The molecule has 0 saturated heterocycles. The van der Waals surface area contributed by atoms with Gasteiger partial charge in [0.15, 0.2) is 5.82 Å². The van der Waals surface area contributed by atoms with E-state index < -0.39 is 0 Å². The maximum atomic E-state index is 12.1. The van der Waals surface area contributed by atoms with Gasteiger partial charge in [-0.1, -0.05) is 11.6 Å². The second kappa shape index (κ2) is 6.45. The van der Waals surface area contributed by atoms with Crippen LogP contribution in [0.4, 0.5) is 5.82 Å². The first-order valence-corrected chi connectivity index (χ1v) is 7.76. The predicted octanol–water partition coefficient (Wildman–Crippen LogP) is 2.03. The summed E-state index contributed by atoms with van der Waals surface area (Å²) in [4.78, 5) is 16.1. The number of pyridine rings is 1. The molecule has 1 aromatic heterocycles. The quantitative estimate of drug-likeness (QED) is 0.586. The molecule has 104 valence electrons. The summed E-state index contributed by atoms with van der Waals surface area (Å²) in [6.07, 6.45) is 6.78. The summed E-state index contributed by atoms with van der Waals surface area (Å²) in [5.74, 6) is 5.47. The first-order chi connectivity index (χ1) is 9.13. The van der Waals surface area contributed by atoms with Gasteiger partial charge < -0.3 is 10.7 Å². The summed E-state index contributed by atoms with van der Waals surface area (Å²) in [5, 5.41) is 4.01. The Balaban J connectivity index is 1.98. The summed E-state index contributed by atoms with van der Waals surface area (Å²) in [6.45, 7) is 0. The normalized spacial score (nSPS) is 22.3. The van der Waals surface area contributed by atoms with Gasteiger partial charge in [0.25, 0.3) is 5.91 Å². The van der Waals surface area contributed by atoms with Crippen molar-refractivity contribution in [3.8, 4) is 0 Å². The molecule has 1 saturated carbocycles. The number of amides is 1. The summed E-state index contributed by atoms with van der Waals surface area (Å²) in [7, 11) is 0. The van der Waals surface area contributed by atoms with Gasteiger partial charge in [0.05, 0.1) is 10.6 Å². The van der Waals surface area contributed by atoms with Crippen molar-refractivity contribution >= 4 is 35.1 Å². The van der Waals surface area contributed by atoms with Crippen LogP contribution in [-0.2, 0) is 0 Å². The van der Waals surface area contributed by atoms with Crippen molar-refractivity contribution in [2.24, 2.45) is 5.84 Å². The molecule has 0 aromatic carbocycles. The summed E-state index contributed by atoms with van der Waals surface area (Å²) in [6, 6.07) is 1.82. The zero-order valence-corrected chi connectivity index (χ0v) is 12.2. The molecule has 2 atom stereocenters. The molecule has 0 radical (unpaired) electrons. The Hall–Kier alpha value is -0.980. The van der Waals surface area contributed by atoms with Crippen LogP contribution in [0, 0.1) is 0 Å². The molecule has 1 aliphatic carbocycles. The maximum absolute atomic E-state index is 12.1. The van der Waals surface area contributed by atoms with E-state index in [0.29, 0.717) is 21.7 Å². The summed E-state index contributed by atoms with van der Waals surface area (Å²) in [5.41, 5.74) is 2.83. The van der Waals surface area contributed by atoms with Crippen LogP contribution >= 0.6 is 23.4 Å². The lowest BCUT2D eigenvalue weighted by molar-refractivity contribution is 0.0937. The van der Waals surface area contributed by atoms with Gasteiger partial charge in [0.1, 0.15) is 0 Å². The number of hydrazine groups is 1. The number of hydrogen-bond donors (Lipinski definition) is 3. The molecule has 1 amide bonds. The van der Waals surface area contributed by atoms with E-state index in [9.17, 15) is 4.79 Å². The Morgan fingerprint density at radius 3 is 2.95 bits per heavy atom. The fourth-order valence-electron chi connectivity index (χ4n) is 2.22. The van der Waals surface area contributed by atoms with Crippen molar-refractivity contribution in [2.45, 2.75) is 30.6 Å². The molecule has 0 aliphatic heterocycles. The van der Waals surface area contributed by atoms with Gasteiger partial charge in [0, 0.05) is 17.5 Å². The molecule has 5 nitrogen and oxygen atoms in total. The topological polar surface area (TPSA) is 80.0 Å². The molecule has 2 rings (SSSR count). The number of nitrogens with one attached hydrogen (secondary N) is 2. The van der Waals surface area contributed by atoms with Gasteiger partial charge in [0.2, 0.25) is 0 Å². The second-order valence-corrected chi connectivity index (χ2v) is 6.09. The van der Waals surface area contributed by atoms with Crippen LogP contribution in [0.5, 0.6) is 0 Å². The molecular formula is C12H17ClN4OS. The number of anilines is 1. The molecule has 19 heavy (non-hydrogen) atoms. The Morgan fingerprint density at radius 1 is 1.58 bits per heavy atom. The van der Waals surface area contributed by atoms with E-state index in [2.05, 4.69) is 22.0 Å². The Morgan fingerprint density at radius 2 is 2.37 bits per heavy atom. The molecule has 2 unspecified atom stereocenters. The van der Waals surface area contributed by atoms with Crippen LogP contribution in [0.25, 0.3) is 0 Å². The minimum atomic E-state index is -0.135. The van der Waals surface area contributed by atoms with Crippen LogP contribution in [-0.4, -0.2) is 28.4 Å². The SMILES string of the molecule is CSC1CCC(NC(=O)c2cnc(NN)c(Cl)c2)C1. The monoisotopic (exact) mass is 300 g/mol. The molecule has 1 heterocycles. The van der Waals surface area contributed by atoms with Crippen molar-refractivity contribution in [1.82, 2.24) is 10.3 Å². The van der Waals surface area contributed by atoms with E-state index in [1.54, 1.807) is 6.07 Å². The van der Waals surface area contributed by atoms with Crippen LogP contribution in [0.2, 0.25) is 5.02 Å². The minimum absolute atomic E-state index is 0.135. The standard InChI is InChI=1S/C12H17ClN4OS/c1-19-9-3-2-8(5-9)16-12(18)7-4-10(13)11(17-14)15-6-7/h4,6,8-9H,2-3,5,14H2,1H3,(H,15,17)(H,16,18). The molecule has 1 aliphatic rings. The third-order valence-electron chi connectivity index (χ3n) is 3.29.